The Morgan fingerprint density at radius 1 is 0.906 bits per heavy atom. The molecule has 1 heterocycles. The van der Waals surface area contributed by atoms with Crippen molar-refractivity contribution in [1.29, 1.82) is 0 Å². The zero-order valence-corrected chi connectivity index (χ0v) is 18.2. The fraction of sp³-hybridized carbons (Fsp3) is 0.111. The lowest BCUT2D eigenvalue weighted by molar-refractivity contribution is -0.134. The van der Waals surface area contributed by atoms with Crippen LogP contribution < -0.4 is 4.74 Å². The van der Waals surface area contributed by atoms with E-state index >= 15 is 0 Å². The second kappa shape index (κ2) is 10.6. The number of carbonyl (C=O) groups excluding carboxylic acids is 2. The van der Waals surface area contributed by atoms with Gasteiger partial charge in [0.25, 0.3) is 0 Å². The molecule has 5 heteroatoms. The normalized spacial score (nSPS) is 11.1. The first-order valence-electron chi connectivity index (χ1n) is 10.4. The Morgan fingerprint density at radius 3 is 2.50 bits per heavy atom. The first-order valence-corrected chi connectivity index (χ1v) is 11.4. The van der Waals surface area contributed by atoms with E-state index in [2.05, 4.69) is 12.1 Å². The standard InChI is InChI=1S/C27H22O4S/c28-23(26-19-21-10-5-7-14-25(21)30-26)17-16-20-9-4-6-13-24(20)31-27(29)15-8-18-32-22-11-2-1-3-12-22/h1-7,9-14,16-17,19H,8,15,18H2. The fourth-order valence-corrected chi connectivity index (χ4v) is 4.03. The van der Waals surface area contributed by atoms with Crippen LogP contribution in [0.4, 0.5) is 0 Å². The monoisotopic (exact) mass is 442 g/mol. The summed E-state index contributed by atoms with van der Waals surface area (Å²) in [6.07, 6.45) is 4.13. The molecule has 0 radical (unpaired) electrons. The molecule has 4 aromatic rings. The van der Waals surface area contributed by atoms with Crippen molar-refractivity contribution in [2.24, 2.45) is 0 Å². The molecular formula is C27H22O4S. The third kappa shape index (κ3) is 5.77. The fourth-order valence-electron chi connectivity index (χ4n) is 3.16. The minimum absolute atomic E-state index is 0.250. The summed E-state index contributed by atoms with van der Waals surface area (Å²) in [5.41, 5.74) is 1.33. The number of carbonyl (C=O) groups is 2. The number of hydrogen-bond acceptors (Lipinski definition) is 5. The molecule has 0 aliphatic heterocycles. The second-order valence-electron chi connectivity index (χ2n) is 7.12. The molecule has 160 valence electrons. The Balaban J connectivity index is 1.33. The molecule has 0 spiro atoms. The number of rotatable bonds is 9. The first kappa shape index (κ1) is 21.7. The van der Waals surface area contributed by atoms with Crippen LogP contribution in [0.3, 0.4) is 0 Å². The number of thioether (sulfide) groups is 1. The predicted octanol–water partition coefficient (Wildman–Crippen LogP) is 6.81. The van der Waals surface area contributed by atoms with Crippen LogP contribution in [0.5, 0.6) is 5.75 Å². The SMILES string of the molecule is O=C(CCCSc1ccccc1)Oc1ccccc1C=CC(=O)c1cc2ccccc2o1. The van der Waals surface area contributed by atoms with Gasteiger partial charge >= 0.3 is 5.97 Å². The van der Waals surface area contributed by atoms with Crippen molar-refractivity contribution in [2.45, 2.75) is 17.7 Å². The van der Waals surface area contributed by atoms with Gasteiger partial charge in [-0.1, -0.05) is 54.6 Å². The van der Waals surface area contributed by atoms with Gasteiger partial charge in [-0.05, 0) is 54.7 Å². The summed E-state index contributed by atoms with van der Waals surface area (Å²) in [5.74, 6) is 1.00. The minimum atomic E-state index is -0.289. The Labute approximate surface area is 190 Å². The number of hydrogen-bond donors (Lipinski definition) is 0. The molecule has 0 saturated carbocycles. The van der Waals surface area contributed by atoms with E-state index < -0.39 is 0 Å². The lowest BCUT2D eigenvalue weighted by atomic mass is 10.1. The lowest BCUT2D eigenvalue weighted by Crippen LogP contribution is -2.08. The number of fused-ring (bicyclic) bond motifs is 1. The maximum absolute atomic E-state index is 12.5. The zero-order chi connectivity index (χ0) is 22.2. The highest BCUT2D eigenvalue weighted by Crippen LogP contribution is 2.23. The van der Waals surface area contributed by atoms with Gasteiger partial charge in [0.05, 0.1) is 0 Å². The summed E-state index contributed by atoms with van der Waals surface area (Å²) in [4.78, 5) is 26.0. The maximum atomic E-state index is 12.5. The number of para-hydroxylation sites is 2. The van der Waals surface area contributed by atoms with Crippen LogP contribution in [0.15, 0.2) is 100 Å². The molecule has 0 aliphatic carbocycles. The highest BCUT2D eigenvalue weighted by atomic mass is 32.2. The first-order chi connectivity index (χ1) is 15.7. The molecule has 0 aliphatic rings. The van der Waals surface area contributed by atoms with Crippen LogP contribution in [0.2, 0.25) is 0 Å². The van der Waals surface area contributed by atoms with Crippen molar-refractivity contribution in [3.05, 3.63) is 102 Å². The van der Waals surface area contributed by atoms with Crippen LogP contribution in [0.1, 0.15) is 29.0 Å². The molecule has 0 saturated heterocycles. The van der Waals surface area contributed by atoms with E-state index in [1.807, 2.05) is 48.5 Å². The summed E-state index contributed by atoms with van der Waals surface area (Å²) in [5, 5.41) is 0.879. The van der Waals surface area contributed by atoms with Gasteiger partial charge in [-0.15, -0.1) is 11.8 Å². The number of ketones is 1. The van der Waals surface area contributed by atoms with Gasteiger partial charge < -0.3 is 9.15 Å². The number of benzene rings is 3. The lowest BCUT2D eigenvalue weighted by Gasteiger charge is -2.07. The molecule has 4 nitrogen and oxygen atoms in total. The van der Waals surface area contributed by atoms with Gasteiger partial charge in [0.1, 0.15) is 11.3 Å². The van der Waals surface area contributed by atoms with Crippen molar-refractivity contribution < 1.29 is 18.7 Å². The van der Waals surface area contributed by atoms with Gasteiger partial charge in [0.15, 0.2) is 5.76 Å². The van der Waals surface area contributed by atoms with Gasteiger partial charge in [-0.25, -0.2) is 0 Å². The van der Waals surface area contributed by atoms with E-state index in [0.29, 0.717) is 23.3 Å². The van der Waals surface area contributed by atoms with Crippen LogP contribution in [-0.2, 0) is 4.79 Å². The van der Waals surface area contributed by atoms with Crippen molar-refractivity contribution in [3.63, 3.8) is 0 Å². The smallest absolute Gasteiger partial charge is 0.311 e. The van der Waals surface area contributed by atoms with Crippen LogP contribution >= 0.6 is 11.8 Å². The maximum Gasteiger partial charge on any atom is 0.311 e. The Hall–Kier alpha value is -3.57. The average Bonchev–Trinajstić information content (AvgIpc) is 3.26. The highest BCUT2D eigenvalue weighted by Gasteiger charge is 2.11. The average molecular weight is 443 g/mol. The molecule has 0 amide bonds. The Morgan fingerprint density at radius 2 is 1.66 bits per heavy atom. The van der Waals surface area contributed by atoms with Gasteiger partial charge in [0.2, 0.25) is 5.78 Å². The molecule has 3 aromatic carbocycles. The van der Waals surface area contributed by atoms with Crippen LogP contribution in [-0.4, -0.2) is 17.5 Å². The topological polar surface area (TPSA) is 56.5 Å². The predicted molar refractivity (Wildman–Crippen MR) is 128 cm³/mol. The molecule has 0 N–H and O–H groups in total. The molecule has 0 fully saturated rings. The number of furan rings is 1. The third-order valence-electron chi connectivity index (χ3n) is 4.76. The number of allylic oxidation sites excluding steroid dienone is 1. The van der Waals surface area contributed by atoms with Crippen LogP contribution in [0.25, 0.3) is 17.0 Å². The van der Waals surface area contributed by atoms with Crippen molar-refractivity contribution in [2.75, 3.05) is 5.75 Å². The van der Waals surface area contributed by atoms with Crippen LogP contribution in [0, 0.1) is 0 Å². The van der Waals surface area contributed by atoms with E-state index in [1.165, 1.54) is 11.0 Å². The molecule has 0 unspecified atom stereocenters. The highest BCUT2D eigenvalue weighted by molar-refractivity contribution is 7.99. The zero-order valence-electron chi connectivity index (χ0n) is 17.4. The molecule has 1 aromatic heterocycles. The third-order valence-corrected chi connectivity index (χ3v) is 5.86. The largest absolute Gasteiger partial charge is 0.453 e. The summed E-state index contributed by atoms with van der Waals surface area (Å²) >= 11 is 1.72. The molecule has 0 atom stereocenters. The van der Waals surface area contributed by atoms with Gasteiger partial charge in [-0.2, -0.15) is 0 Å². The number of esters is 1. The van der Waals surface area contributed by atoms with Gasteiger partial charge in [0, 0.05) is 22.3 Å². The molecule has 32 heavy (non-hydrogen) atoms. The van der Waals surface area contributed by atoms with Gasteiger partial charge in [-0.3, -0.25) is 9.59 Å². The second-order valence-corrected chi connectivity index (χ2v) is 8.29. The van der Waals surface area contributed by atoms with E-state index in [4.69, 9.17) is 9.15 Å². The molecule has 0 bridgehead atoms. The minimum Gasteiger partial charge on any atom is -0.453 e. The van der Waals surface area contributed by atoms with E-state index in [9.17, 15) is 9.59 Å². The van der Waals surface area contributed by atoms with E-state index in [0.717, 1.165) is 17.6 Å². The molecule has 4 rings (SSSR count). The Bertz CT molecular complexity index is 1210. The van der Waals surface area contributed by atoms with E-state index in [1.54, 1.807) is 42.1 Å². The van der Waals surface area contributed by atoms with E-state index in [-0.39, 0.29) is 17.5 Å². The van der Waals surface area contributed by atoms with Crippen molar-refractivity contribution in [1.82, 2.24) is 0 Å². The van der Waals surface area contributed by atoms with Crippen molar-refractivity contribution >= 4 is 40.6 Å². The summed E-state index contributed by atoms with van der Waals surface area (Å²) < 4.78 is 11.2. The summed E-state index contributed by atoms with van der Waals surface area (Å²) in [7, 11) is 0. The van der Waals surface area contributed by atoms with Crippen molar-refractivity contribution in [3.8, 4) is 5.75 Å². The summed E-state index contributed by atoms with van der Waals surface area (Å²) in [6, 6.07) is 26.4. The molecular weight excluding hydrogens is 420 g/mol. The quantitative estimate of drug-likeness (QED) is 0.0712. The Kier molecular flexibility index (Phi) is 7.20. The summed E-state index contributed by atoms with van der Waals surface area (Å²) in [6.45, 7) is 0. The number of ether oxygens (including phenoxy) is 1.